The summed E-state index contributed by atoms with van der Waals surface area (Å²) in [5, 5.41) is 0. The molecule has 2 atom stereocenters. The molecule has 4 rings (SSSR count). The van der Waals surface area contributed by atoms with Gasteiger partial charge in [0.1, 0.15) is 0 Å². The molecule has 0 spiro atoms. The zero-order valence-corrected chi connectivity index (χ0v) is 9.35. The summed E-state index contributed by atoms with van der Waals surface area (Å²) in [6.07, 6.45) is 2.00. The highest BCUT2D eigenvalue weighted by atomic mass is 16.5. The van der Waals surface area contributed by atoms with Crippen LogP contribution in [0.4, 0.5) is 5.69 Å². The van der Waals surface area contributed by atoms with E-state index < -0.39 is 0 Å². The van der Waals surface area contributed by atoms with Crippen molar-refractivity contribution in [1.82, 2.24) is 0 Å². The molecule has 0 N–H and O–H groups in total. The maximum Gasteiger partial charge on any atom is 0.159 e. The summed E-state index contributed by atoms with van der Waals surface area (Å²) < 4.78 is 5.60. The fourth-order valence-electron chi connectivity index (χ4n) is 2.49. The van der Waals surface area contributed by atoms with Crippen molar-refractivity contribution in [1.29, 1.82) is 0 Å². The van der Waals surface area contributed by atoms with Crippen molar-refractivity contribution in [3.8, 4) is 0 Å². The number of Topliss-reactive ketones (excluding diaryl/α,β-unsaturated/α-hetero) is 1. The number of hydrogen-bond acceptors (Lipinski definition) is 3. The first-order valence-electron chi connectivity index (χ1n) is 5.74. The van der Waals surface area contributed by atoms with E-state index in [0.717, 1.165) is 24.3 Å². The summed E-state index contributed by atoms with van der Waals surface area (Å²) in [7, 11) is 0. The molecule has 2 unspecified atom stereocenters. The second-order valence-electron chi connectivity index (χ2n) is 4.63. The second kappa shape index (κ2) is 3.59. The molecule has 0 saturated carbocycles. The molecule has 1 aromatic rings. The lowest BCUT2D eigenvalue weighted by atomic mass is 9.98. The minimum atomic E-state index is 0.125. The zero-order valence-electron chi connectivity index (χ0n) is 9.35. The number of benzene rings is 1. The summed E-state index contributed by atoms with van der Waals surface area (Å²) >= 11 is 0. The van der Waals surface area contributed by atoms with E-state index >= 15 is 0 Å². The predicted molar refractivity (Wildman–Crippen MR) is 61.9 cm³/mol. The van der Waals surface area contributed by atoms with E-state index in [4.69, 9.17) is 4.74 Å². The molecular weight excluding hydrogens is 202 g/mol. The number of piperidine rings is 1. The molecule has 0 amide bonds. The molecule has 3 nitrogen and oxygen atoms in total. The SMILES string of the molecule is CC(=O)c1cccc(N2CC3CC(C2)O3)c1. The van der Waals surface area contributed by atoms with Gasteiger partial charge in [0.25, 0.3) is 0 Å². The van der Waals surface area contributed by atoms with Crippen molar-refractivity contribution in [2.24, 2.45) is 0 Å². The van der Waals surface area contributed by atoms with Crippen LogP contribution < -0.4 is 4.90 Å². The quantitative estimate of drug-likeness (QED) is 0.708. The van der Waals surface area contributed by atoms with Gasteiger partial charge in [0.15, 0.2) is 5.78 Å². The Bertz CT molecular complexity index is 414. The lowest BCUT2D eigenvalue weighted by molar-refractivity contribution is -0.133. The van der Waals surface area contributed by atoms with Crippen LogP contribution in [0.1, 0.15) is 23.7 Å². The predicted octanol–water partition coefficient (Wildman–Crippen LogP) is 1.87. The van der Waals surface area contributed by atoms with E-state index in [1.807, 2.05) is 18.2 Å². The topological polar surface area (TPSA) is 29.5 Å². The third kappa shape index (κ3) is 1.61. The van der Waals surface area contributed by atoms with E-state index in [1.54, 1.807) is 6.92 Å². The van der Waals surface area contributed by atoms with Crippen LogP contribution in [0.3, 0.4) is 0 Å². The molecule has 3 heteroatoms. The van der Waals surface area contributed by atoms with Crippen LogP contribution in [0.5, 0.6) is 0 Å². The number of rotatable bonds is 2. The molecule has 16 heavy (non-hydrogen) atoms. The lowest BCUT2D eigenvalue weighted by Gasteiger charge is -2.48. The van der Waals surface area contributed by atoms with Crippen molar-refractivity contribution in [2.75, 3.05) is 18.0 Å². The van der Waals surface area contributed by atoms with Crippen molar-refractivity contribution >= 4 is 11.5 Å². The minimum Gasteiger partial charge on any atom is -0.371 e. The molecule has 3 aliphatic heterocycles. The number of anilines is 1. The van der Waals surface area contributed by atoms with Gasteiger partial charge in [-0.25, -0.2) is 0 Å². The molecular formula is C13H15NO2. The molecule has 3 heterocycles. The highest BCUT2D eigenvalue weighted by Crippen LogP contribution is 2.31. The van der Waals surface area contributed by atoms with Crippen LogP contribution in [0.25, 0.3) is 0 Å². The summed E-state index contributed by atoms with van der Waals surface area (Å²) in [6.45, 7) is 3.52. The van der Waals surface area contributed by atoms with Gasteiger partial charge in [-0.1, -0.05) is 12.1 Å². The summed E-state index contributed by atoms with van der Waals surface area (Å²) in [6, 6.07) is 7.87. The third-order valence-corrected chi connectivity index (χ3v) is 3.38. The highest BCUT2D eigenvalue weighted by molar-refractivity contribution is 5.95. The van der Waals surface area contributed by atoms with Gasteiger partial charge in [0.05, 0.1) is 12.2 Å². The summed E-state index contributed by atoms with van der Waals surface area (Å²) in [5.41, 5.74) is 1.93. The monoisotopic (exact) mass is 217 g/mol. The van der Waals surface area contributed by atoms with Crippen LogP contribution in [0, 0.1) is 0 Å². The van der Waals surface area contributed by atoms with Crippen LogP contribution in [-0.2, 0) is 4.74 Å². The minimum absolute atomic E-state index is 0.125. The van der Waals surface area contributed by atoms with Gasteiger partial charge >= 0.3 is 0 Å². The van der Waals surface area contributed by atoms with Crippen molar-refractivity contribution < 1.29 is 9.53 Å². The van der Waals surface area contributed by atoms with Gasteiger partial charge in [-0.3, -0.25) is 4.79 Å². The van der Waals surface area contributed by atoms with E-state index in [9.17, 15) is 4.79 Å². The van der Waals surface area contributed by atoms with Gasteiger partial charge < -0.3 is 9.64 Å². The number of ether oxygens (including phenoxy) is 1. The van der Waals surface area contributed by atoms with Gasteiger partial charge in [-0.2, -0.15) is 0 Å². The highest BCUT2D eigenvalue weighted by Gasteiger charge is 2.38. The fourth-order valence-corrected chi connectivity index (χ4v) is 2.49. The molecule has 84 valence electrons. The number of nitrogens with zero attached hydrogens (tertiary/aromatic N) is 1. The van der Waals surface area contributed by atoms with E-state index in [-0.39, 0.29) is 5.78 Å². The van der Waals surface area contributed by atoms with Crippen LogP contribution in [0.15, 0.2) is 24.3 Å². The Balaban J connectivity index is 1.83. The Morgan fingerprint density at radius 1 is 1.38 bits per heavy atom. The molecule has 3 saturated heterocycles. The molecule has 1 aromatic carbocycles. The number of ketones is 1. The number of hydrogen-bond donors (Lipinski definition) is 0. The first-order chi connectivity index (χ1) is 7.72. The summed E-state index contributed by atoms with van der Waals surface area (Å²) in [5.74, 6) is 0.125. The smallest absolute Gasteiger partial charge is 0.159 e. The number of morpholine rings is 1. The van der Waals surface area contributed by atoms with E-state index in [1.165, 1.54) is 6.42 Å². The Morgan fingerprint density at radius 2 is 2.06 bits per heavy atom. The molecule has 0 aromatic heterocycles. The van der Waals surface area contributed by atoms with Gasteiger partial charge in [-0.05, 0) is 19.1 Å². The summed E-state index contributed by atoms with van der Waals surface area (Å²) in [4.78, 5) is 13.6. The zero-order chi connectivity index (χ0) is 11.1. The van der Waals surface area contributed by atoms with E-state index in [0.29, 0.717) is 12.2 Å². The fraction of sp³-hybridized carbons (Fsp3) is 0.462. The molecule has 0 aliphatic carbocycles. The largest absolute Gasteiger partial charge is 0.371 e. The van der Waals surface area contributed by atoms with Crippen LogP contribution in [0.2, 0.25) is 0 Å². The number of carbonyl (C=O) groups excluding carboxylic acids is 1. The third-order valence-electron chi connectivity index (χ3n) is 3.38. The van der Waals surface area contributed by atoms with Crippen LogP contribution >= 0.6 is 0 Å². The average Bonchev–Trinajstić information content (AvgIpc) is 2.28. The maximum absolute atomic E-state index is 11.3. The normalized spacial score (nSPS) is 27.4. The molecule has 0 radical (unpaired) electrons. The van der Waals surface area contributed by atoms with Crippen molar-refractivity contribution in [3.05, 3.63) is 29.8 Å². The Labute approximate surface area is 95.0 Å². The van der Waals surface area contributed by atoms with E-state index in [2.05, 4.69) is 11.0 Å². The number of fused-ring (bicyclic) bond motifs is 2. The Morgan fingerprint density at radius 3 is 2.69 bits per heavy atom. The molecule has 3 fully saturated rings. The molecule has 2 bridgehead atoms. The van der Waals surface area contributed by atoms with Crippen molar-refractivity contribution in [2.45, 2.75) is 25.6 Å². The maximum atomic E-state index is 11.3. The van der Waals surface area contributed by atoms with Crippen LogP contribution in [-0.4, -0.2) is 31.1 Å². The lowest BCUT2D eigenvalue weighted by Crippen LogP contribution is -2.57. The first kappa shape index (κ1) is 9.85. The molecule has 3 aliphatic rings. The Hall–Kier alpha value is -1.35. The number of carbonyl (C=O) groups is 1. The standard InChI is InChI=1S/C13H15NO2/c1-9(15)10-3-2-4-11(5-10)14-7-12-6-13(8-14)16-12/h2-5,12-13H,6-8H2,1H3. The second-order valence-corrected chi connectivity index (χ2v) is 4.63. The van der Waals surface area contributed by atoms with Gasteiger partial charge in [-0.15, -0.1) is 0 Å². The first-order valence-corrected chi connectivity index (χ1v) is 5.74. The van der Waals surface area contributed by atoms with Gasteiger partial charge in [0.2, 0.25) is 0 Å². The average molecular weight is 217 g/mol. The van der Waals surface area contributed by atoms with Gasteiger partial charge in [0, 0.05) is 30.8 Å². The Kier molecular flexibility index (Phi) is 2.21. The van der Waals surface area contributed by atoms with Crippen molar-refractivity contribution in [3.63, 3.8) is 0 Å².